The zero-order valence-corrected chi connectivity index (χ0v) is 14.6. The lowest BCUT2D eigenvalue weighted by Crippen LogP contribution is -2.47. The standard InChI is InChI=1S/C19H22N4O3/c1-2-21-19(25)23-12-6-9-16(23)18(24)22-15-8-3-4-10-17(15)26-14-7-5-11-20-13-14/h3-5,7-8,10-11,13,16H,2,6,9,12H2,1H3,(H,21,25)(H,22,24)/t16-/m1/s1. The second-order valence-electron chi connectivity index (χ2n) is 5.96. The van der Waals surface area contributed by atoms with Crippen molar-refractivity contribution in [3.05, 3.63) is 48.8 Å². The van der Waals surface area contributed by atoms with Gasteiger partial charge in [-0.2, -0.15) is 0 Å². The number of hydrogen-bond acceptors (Lipinski definition) is 4. The Balaban J connectivity index is 1.72. The van der Waals surface area contributed by atoms with Crippen molar-refractivity contribution < 1.29 is 14.3 Å². The molecule has 1 aromatic heterocycles. The summed E-state index contributed by atoms with van der Waals surface area (Å²) in [6.07, 6.45) is 4.72. The van der Waals surface area contributed by atoms with Gasteiger partial charge in [-0.1, -0.05) is 12.1 Å². The van der Waals surface area contributed by atoms with E-state index >= 15 is 0 Å². The van der Waals surface area contributed by atoms with Gasteiger partial charge in [0.25, 0.3) is 0 Å². The first kappa shape index (κ1) is 17.7. The van der Waals surface area contributed by atoms with Gasteiger partial charge < -0.3 is 20.3 Å². The fraction of sp³-hybridized carbons (Fsp3) is 0.316. The molecule has 1 fully saturated rings. The third-order valence-corrected chi connectivity index (χ3v) is 4.15. The zero-order chi connectivity index (χ0) is 18.4. The first-order valence-electron chi connectivity index (χ1n) is 8.71. The van der Waals surface area contributed by atoms with Gasteiger partial charge in [-0.15, -0.1) is 0 Å². The Hall–Kier alpha value is -3.09. The van der Waals surface area contributed by atoms with Crippen LogP contribution in [0.2, 0.25) is 0 Å². The average Bonchev–Trinajstić information content (AvgIpc) is 3.14. The summed E-state index contributed by atoms with van der Waals surface area (Å²) in [5.74, 6) is 0.895. The van der Waals surface area contributed by atoms with Crippen LogP contribution in [0, 0.1) is 0 Å². The van der Waals surface area contributed by atoms with Crippen molar-refractivity contribution >= 4 is 17.6 Å². The second kappa shape index (κ2) is 8.33. The maximum absolute atomic E-state index is 12.7. The Morgan fingerprint density at radius 3 is 2.88 bits per heavy atom. The fourth-order valence-electron chi connectivity index (χ4n) is 2.94. The number of nitrogens with one attached hydrogen (secondary N) is 2. The third-order valence-electron chi connectivity index (χ3n) is 4.15. The van der Waals surface area contributed by atoms with Gasteiger partial charge in [0.05, 0.1) is 11.9 Å². The number of urea groups is 1. The molecule has 2 heterocycles. The number of rotatable bonds is 5. The number of nitrogens with zero attached hydrogens (tertiary/aromatic N) is 2. The average molecular weight is 354 g/mol. The Labute approximate surface area is 152 Å². The number of hydrogen-bond donors (Lipinski definition) is 2. The summed E-state index contributed by atoms with van der Waals surface area (Å²) in [5, 5.41) is 5.65. The summed E-state index contributed by atoms with van der Waals surface area (Å²) in [4.78, 5) is 30.5. The lowest BCUT2D eigenvalue weighted by Gasteiger charge is -2.24. The Kier molecular flexibility index (Phi) is 5.68. The molecule has 136 valence electrons. The zero-order valence-electron chi connectivity index (χ0n) is 14.6. The summed E-state index contributed by atoms with van der Waals surface area (Å²) in [6, 6.07) is 10.1. The number of anilines is 1. The highest BCUT2D eigenvalue weighted by Crippen LogP contribution is 2.29. The number of likely N-dealkylation sites (tertiary alicyclic amines) is 1. The van der Waals surface area contributed by atoms with E-state index in [4.69, 9.17) is 4.74 Å². The molecule has 26 heavy (non-hydrogen) atoms. The molecular weight excluding hydrogens is 332 g/mol. The first-order chi connectivity index (χ1) is 12.7. The van der Waals surface area contributed by atoms with Crippen molar-refractivity contribution in [1.29, 1.82) is 0 Å². The molecule has 0 saturated carbocycles. The Bertz CT molecular complexity index is 766. The van der Waals surface area contributed by atoms with Crippen LogP contribution < -0.4 is 15.4 Å². The number of aromatic nitrogens is 1. The molecule has 0 spiro atoms. The van der Waals surface area contributed by atoms with Gasteiger partial charge >= 0.3 is 6.03 Å². The van der Waals surface area contributed by atoms with Crippen LogP contribution in [0.4, 0.5) is 10.5 Å². The smallest absolute Gasteiger partial charge is 0.318 e. The topological polar surface area (TPSA) is 83.6 Å². The molecule has 0 aliphatic carbocycles. The van der Waals surface area contributed by atoms with E-state index in [1.165, 1.54) is 0 Å². The third kappa shape index (κ3) is 4.11. The van der Waals surface area contributed by atoms with Gasteiger partial charge in [0, 0.05) is 19.3 Å². The summed E-state index contributed by atoms with van der Waals surface area (Å²) in [5.41, 5.74) is 0.559. The maximum atomic E-state index is 12.7. The lowest BCUT2D eigenvalue weighted by molar-refractivity contribution is -0.119. The molecule has 0 radical (unpaired) electrons. The molecule has 1 aliphatic heterocycles. The number of carbonyl (C=O) groups is 2. The van der Waals surface area contributed by atoms with E-state index in [-0.39, 0.29) is 11.9 Å². The van der Waals surface area contributed by atoms with Gasteiger partial charge in [-0.05, 0) is 44.0 Å². The SMILES string of the molecule is CCNC(=O)N1CCC[C@@H]1C(=O)Nc1ccccc1Oc1cccnc1. The highest BCUT2D eigenvalue weighted by Gasteiger charge is 2.34. The van der Waals surface area contributed by atoms with Crippen LogP contribution >= 0.6 is 0 Å². The monoisotopic (exact) mass is 354 g/mol. The van der Waals surface area contributed by atoms with Crippen molar-refractivity contribution in [2.45, 2.75) is 25.8 Å². The van der Waals surface area contributed by atoms with Crippen LogP contribution in [0.5, 0.6) is 11.5 Å². The van der Waals surface area contributed by atoms with Crippen LogP contribution in [0.3, 0.4) is 0 Å². The van der Waals surface area contributed by atoms with Gasteiger partial charge in [0.1, 0.15) is 11.8 Å². The van der Waals surface area contributed by atoms with E-state index in [2.05, 4.69) is 15.6 Å². The largest absolute Gasteiger partial charge is 0.454 e. The number of carbonyl (C=O) groups excluding carboxylic acids is 2. The predicted molar refractivity (Wildman–Crippen MR) is 98.2 cm³/mol. The van der Waals surface area contributed by atoms with Gasteiger partial charge in [0.15, 0.2) is 5.75 Å². The number of pyridine rings is 1. The first-order valence-corrected chi connectivity index (χ1v) is 8.71. The normalized spacial score (nSPS) is 16.2. The van der Waals surface area contributed by atoms with Gasteiger partial charge in [0.2, 0.25) is 5.91 Å². The molecule has 1 aromatic carbocycles. The Morgan fingerprint density at radius 1 is 1.27 bits per heavy atom. The molecule has 7 nitrogen and oxygen atoms in total. The van der Waals surface area contributed by atoms with Crippen molar-refractivity contribution in [3.8, 4) is 11.5 Å². The molecule has 2 N–H and O–H groups in total. The summed E-state index contributed by atoms with van der Waals surface area (Å²) >= 11 is 0. The maximum Gasteiger partial charge on any atom is 0.318 e. The molecule has 0 bridgehead atoms. The van der Waals surface area contributed by atoms with Crippen LogP contribution in [-0.2, 0) is 4.79 Å². The summed E-state index contributed by atoms with van der Waals surface area (Å²) in [7, 11) is 0. The predicted octanol–water partition coefficient (Wildman–Crippen LogP) is 3.01. The van der Waals surface area contributed by atoms with Crippen LogP contribution in [0.15, 0.2) is 48.8 Å². The molecule has 3 rings (SSSR count). The molecule has 1 aliphatic rings. The number of para-hydroxylation sites is 2. The van der Waals surface area contributed by atoms with Crippen molar-refractivity contribution in [1.82, 2.24) is 15.2 Å². The van der Waals surface area contributed by atoms with E-state index in [1.807, 2.05) is 19.1 Å². The lowest BCUT2D eigenvalue weighted by atomic mass is 10.2. The minimum atomic E-state index is -0.479. The van der Waals surface area contributed by atoms with Crippen molar-refractivity contribution in [2.75, 3.05) is 18.4 Å². The van der Waals surface area contributed by atoms with E-state index in [1.54, 1.807) is 41.6 Å². The molecule has 1 atom stereocenters. The summed E-state index contributed by atoms with van der Waals surface area (Å²) < 4.78 is 5.82. The Morgan fingerprint density at radius 2 is 2.12 bits per heavy atom. The van der Waals surface area contributed by atoms with E-state index in [0.717, 1.165) is 6.42 Å². The highest BCUT2D eigenvalue weighted by atomic mass is 16.5. The van der Waals surface area contributed by atoms with Gasteiger partial charge in [-0.25, -0.2) is 4.79 Å². The minimum Gasteiger partial charge on any atom is -0.454 e. The van der Waals surface area contributed by atoms with E-state index < -0.39 is 6.04 Å². The minimum absolute atomic E-state index is 0.204. The number of amides is 3. The van der Waals surface area contributed by atoms with E-state index in [9.17, 15) is 9.59 Å². The molecule has 1 saturated heterocycles. The summed E-state index contributed by atoms with van der Waals surface area (Å²) in [6.45, 7) is 2.97. The van der Waals surface area contributed by atoms with Crippen molar-refractivity contribution in [3.63, 3.8) is 0 Å². The van der Waals surface area contributed by atoms with E-state index in [0.29, 0.717) is 36.7 Å². The van der Waals surface area contributed by atoms with Crippen molar-refractivity contribution in [2.24, 2.45) is 0 Å². The second-order valence-corrected chi connectivity index (χ2v) is 5.96. The fourth-order valence-corrected chi connectivity index (χ4v) is 2.94. The van der Waals surface area contributed by atoms with Crippen LogP contribution in [-0.4, -0.2) is 41.0 Å². The van der Waals surface area contributed by atoms with Gasteiger partial charge in [-0.3, -0.25) is 9.78 Å². The molecule has 3 amide bonds. The number of benzene rings is 1. The quantitative estimate of drug-likeness (QED) is 0.864. The molecule has 0 unspecified atom stereocenters. The van der Waals surface area contributed by atoms with Crippen LogP contribution in [0.25, 0.3) is 0 Å². The van der Waals surface area contributed by atoms with Crippen LogP contribution in [0.1, 0.15) is 19.8 Å². The molecule has 2 aromatic rings. The number of ether oxygens (including phenoxy) is 1. The molecular formula is C19H22N4O3. The highest BCUT2D eigenvalue weighted by molar-refractivity contribution is 5.98. The molecule has 7 heteroatoms.